The summed E-state index contributed by atoms with van der Waals surface area (Å²) in [5.41, 5.74) is 0.850. The number of piperazine rings is 1. The van der Waals surface area contributed by atoms with E-state index < -0.39 is 22.0 Å². The molecular formula is C24H29N5O5S. The number of benzene rings is 1. The number of nitrogens with one attached hydrogen (secondary N) is 2. The third kappa shape index (κ3) is 4.87. The van der Waals surface area contributed by atoms with Crippen LogP contribution < -0.4 is 10.1 Å². The molecule has 0 bridgehead atoms. The molecule has 1 fully saturated rings. The molecule has 3 heterocycles. The van der Waals surface area contributed by atoms with Crippen molar-refractivity contribution in [3.8, 4) is 5.75 Å². The molecule has 0 radical (unpaired) electrons. The van der Waals surface area contributed by atoms with Gasteiger partial charge in [0, 0.05) is 44.0 Å². The summed E-state index contributed by atoms with van der Waals surface area (Å²) in [4.78, 5) is 35.0. The van der Waals surface area contributed by atoms with E-state index >= 15 is 0 Å². The predicted molar refractivity (Wildman–Crippen MR) is 131 cm³/mol. The number of nitrogens with zero attached hydrogens (tertiary/aromatic N) is 3. The number of hydrogen-bond acceptors (Lipinski definition) is 6. The van der Waals surface area contributed by atoms with Crippen molar-refractivity contribution in [1.82, 2.24) is 24.5 Å². The Kier molecular flexibility index (Phi) is 7.08. The molecule has 1 aliphatic rings. The molecule has 2 aromatic heterocycles. The number of para-hydroxylation sites is 1. The number of sulfonamides is 1. The van der Waals surface area contributed by atoms with Gasteiger partial charge < -0.3 is 19.9 Å². The number of carbonyl (C=O) groups excluding carboxylic acids is 2. The van der Waals surface area contributed by atoms with Gasteiger partial charge in [0.25, 0.3) is 5.91 Å². The minimum absolute atomic E-state index is 0.159. The summed E-state index contributed by atoms with van der Waals surface area (Å²) in [6.45, 7) is 4.49. The molecule has 2 N–H and O–H groups in total. The summed E-state index contributed by atoms with van der Waals surface area (Å²) >= 11 is 0. The third-order valence-corrected chi connectivity index (χ3v) is 8.09. The van der Waals surface area contributed by atoms with Gasteiger partial charge in [0.1, 0.15) is 22.3 Å². The van der Waals surface area contributed by atoms with Gasteiger partial charge in [0.05, 0.1) is 12.7 Å². The molecule has 1 aromatic carbocycles. The van der Waals surface area contributed by atoms with Crippen molar-refractivity contribution >= 4 is 32.9 Å². The lowest BCUT2D eigenvalue weighted by atomic mass is 10.0. The summed E-state index contributed by atoms with van der Waals surface area (Å²) in [5, 5.41) is 3.37. The monoisotopic (exact) mass is 499 g/mol. The van der Waals surface area contributed by atoms with E-state index in [0.29, 0.717) is 22.3 Å². The lowest BCUT2D eigenvalue weighted by Gasteiger charge is -2.36. The molecule has 0 aliphatic carbocycles. The molecule has 0 saturated carbocycles. The van der Waals surface area contributed by atoms with Crippen molar-refractivity contribution < 1.29 is 22.7 Å². The molecular weight excluding hydrogens is 470 g/mol. The number of fused-ring (bicyclic) bond motifs is 1. The minimum Gasteiger partial charge on any atom is -0.496 e. The summed E-state index contributed by atoms with van der Waals surface area (Å²) in [6.07, 6.45) is 3.05. The van der Waals surface area contributed by atoms with E-state index in [0.717, 1.165) is 0 Å². The molecule has 4 rings (SSSR count). The van der Waals surface area contributed by atoms with Gasteiger partial charge >= 0.3 is 0 Å². The number of pyridine rings is 1. The van der Waals surface area contributed by atoms with E-state index in [1.165, 1.54) is 17.6 Å². The molecule has 35 heavy (non-hydrogen) atoms. The maximum atomic E-state index is 13.3. The summed E-state index contributed by atoms with van der Waals surface area (Å²) in [5.74, 6) is -0.381. The number of ether oxygens (including phenoxy) is 1. The predicted octanol–water partition coefficient (Wildman–Crippen LogP) is 1.86. The first kappa shape index (κ1) is 24.7. The average molecular weight is 500 g/mol. The highest BCUT2D eigenvalue weighted by Gasteiger charge is 2.35. The second-order valence-electron chi connectivity index (χ2n) is 8.68. The summed E-state index contributed by atoms with van der Waals surface area (Å²) in [6, 6.07) is 9.47. The molecule has 186 valence electrons. The number of hydrogen-bond donors (Lipinski definition) is 2. The minimum atomic E-state index is -3.75. The number of rotatable bonds is 7. The molecule has 1 saturated heterocycles. The SMILES string of the molecule is COc1ccccc1C(=O)NC(C(=O)N1CCN(S(=O)(=O)c2c[nH]c3ncccc23)CC1)C(C)C. The van der Waals surface area contributed by atoms with Gasteiger partial charge in [0.2, 0.25) is 15.9 Å². The van der Waals surface area contributed by atoms with Gasteiger partial charge in [-0.15, -0.1) is 0 Å². The molecule has 1 aliphatic heterocycles. The zero-order valence-corrected chi connectivity index (χ0v) is 20.7. The average Bonchev–Trinajstić information content (AvgIpc) is 3.31. The third-order valence-electron chi connectivity index (χ3n) is 6.15. The van der Waals surface area contributed by atoms with E-state index in [2.05, 4.69) is 15.3 Å². The normalized spacial score (nSPS) is 15.8. The van der Waals surface area contributed by atoms with Crippen molar-refractivity contribution in [2.75, 3.05) is 33.3 Å². The van der Waals surface area contributed by atoms with Crippen LogP contribution in [0.1, 0.15) is 24.2 Å². The van der Waals surface area contributed by atoms with Crippen LogP contribution in [0.5, 0.6) is 5.75 Å². The zero-order valence-electron chi connectivity index (χ0n) is 19.9. The zero-order chi connectivity index (χ0) is 25.2. The Morgan fingerprint density at radius 3 is 2.49 bits per heavy atom. The second-order valence-corrected chi connectivity index (χ2v) is 10.6. The number of H-pyrrole nitrogens is 1. The number of aromatic nitrogens is 2. The van der Waals surface area contributed by atoms with E-state index in [1.807, 2.05) is 13.8 Å². The van der Waals surface area contributed by atoms with Gasteiger partial charge in [-0.2, -0.15) is 4.31 Å². The maximum absolute atomic E-state index is 13.3. The number of carbonyl (C=O) groups is 2. The Morgan fingerprint density at radius 1 is 1.09 bits per heavy atom. The van der Waals surface area contributed by atoms with Crippen LogP contribution in [-0.2, 0) is 14.8 Å². The molecule has 3 aromatic rings. The van der Waals surface area contributed by atoms with E-state index in [9.17, 15) is 18.0 Å². The fourth-order valence-corrected chi connectivity index (χ4v) is 5.77. The van der Waals surface area contributed by atoms with E-state index in [1.54, 1.807) is 47.5 Å². The Bertz CT molecular complexity index is 1330. The Hall–Kier alpha value is -3.44. The van der Waals surface area contributed by atoms with Gasteiger partial charge in [-0.1, -0.05) is 26.0 Å². The molecule has 1 unspecified atom stereocenters. The highest BCUT2D eigenvalue weighted by atomic mass is 32.2. The van der Waals surface area contributed by atoms with Crippen molar-refractivity contribution in [2.45, 2.75) is 24.8 Å². The van der Waals surface area contributed by atoms with Crippen molar-refractivity contribution in [2.24, 2.45) is 5.92 Å². The lowest BCUT2D eigenvalue weighted by molar-refractivity contribution is -0.135. The van der Waals surface area contributed by atoms with E-state index in [-0.39, 0.29) is 42.9 Å². The van der Waals surface area contributed by atoms with Crippen LogP contribution >= 0.6 is 0 Å². The Labute approximate surface area is 204 Å². The highest BCUT2D eigenvalue weighted by molar-refractivity contribution is 7.89. The van der Waals surface area contributed by atoms with Gasteiger partial charge in [-0.3, -0.25) is 9.59 Å². The van der Waals surface area contributed by atoms with E-state index in [4.69, 9.17) is 4.74 Å². The molecule has 1 atom stereocenters. The first-order valence-electron chi connectivity index (χ1n) is 11.4. The van der Waals surface area contributed by atoms with Crippen molar-refractivity contribution in [1.29, 1.82) is 0 Å². The van der Waals surface area contributed by atoms with Crippen LogP contribution in [0.15, 0.2) is 53.7 Å². The number of methoxy groups -OCH3 is 1. The van der Waals surface area contributed by atoms with Crippen molar-refractivity contribution in [3.63, 3.8) is 0 Å². The second kappa shape index (κ2) is 10.0. The summed E-state index contributed by atoms with van der Waals surface area (Å²) < 4.78 is 33.1. The largest absolute Gasteiger partial charge is 0.496 e. The number of aromatic amines is 1. The quantitative estimate of drug-likeness (QED) is 0.511. The van der Waals surface area contributed by atoms with Crippen LogP contribution in [0, 0.1) is 5.92 Å². The first-order valence-corrected chi connectivity index (χ1v) is 12.8. The van der Waals surface area contributed by atoms with Crippen molar-refractivity contribution in [3.05, 3.63) is 54.4 Å². The van der Waals surface area contributed by atoms with Crippen LogP contribution in [0.3, 0.4) is 0 Å². The molecule has 0 spiro atoms. The smallest absolute Gasteiger partial charge is 0.255 e. The molecule has 2 amide bonds. The topological polar surface area (TPSA) is 125 Å². The Morgan fingerprint density at radius 2 is 1.80 bits per heavy atom. The van der Waals surface area contributed by atoms with Gasteiger partial charge in [-0.05, 0) is 30.2 Å². The molecule has 10 nitrogen and oxygen atoms in total. The van der Waals surface area contributed by atoms with Crippen LogP contribution in [0.25, 0.3) is 11.0 Å². The number of amides is 2. The Balaban J connectivity index is 1.44. The lowest BCUT2D eigenvalue weighted by Crippen LogP contribution is -2.57. The maximum Gasteiger partial charge on any atom is 0.255 e. The summed E-state index contributed by atoms with van der Waals surface area (Å²) in [7, 11) is -2.27. The standard InChI is InChI=1S/C24H29N5O5S/c1-16(2)21(27-23(30)17-7-4-5-9-19(17)34-3)24(31)28-11-13-29(14-12-28)35(32,33)20-15-26-22-18(20)8-6-10-25-22/h4-10,15-16,21H,11-14H2,1-3H3,(H,25,26)(H,27,30). The van der Waals surface area contributed by atoms with Crippen LogP contribution in [0.4, 0.5) is 0 Å². The highest BCUT2D eigenvalue weighted by Crippen LogP contribution is 2.25. The molecule has 11 heteroatoms. The fourth-order valence-electron chi connectivity index (χ4n) is 4.19. The first-order chi connectivity index (χ1) is 16.7. The van der Waals surface area contributed by atoms with Crippen LogP contribution in [0.2, 0.25) is 0 Å². The van der Waals surface area contributed by atoms with Crippen LogP contribution in [-0.4, -0.2) is 78.7 Å². The van der Waals surface area contributed by atoms with Gasteiger partial charge in [-0.25, -0.2) is 13.4 Å². The van der Waals surface area contributed by atoms with Gasteiger partial charge in [0.15, 0.2) is 0 Å². The fraction of sp³-hybridized carbons (Fsp3) is 0.375.